The average molecular weight is 330 g/mol. The number of sulfonamides is 1. The van der Waals surface area contributed by atoms with Crippen molar-refractivity contribution in [3.05, 3.63) is 66.2 Å². The molecule has 0 unspecified atom stereocenters. The molecule has 0 aliphatic heterocycles. The van der Waals surface area contributed by atoms with Gasteiger partial charge in [-0.3, -0.25) is 4.79 Å². The van der Waals surface area contributed by atoms with E-state index in [0.29, 0.717) is 5.69 Å². The van der Waals surface area contributed by atoms with Crippen molar-refractivity contribution < 1.29 is 13.2 Å². The van der Waals surface area contributed by atoms with Crippen molar-refractivity contribution in [3.63, 3.8) is 0 Å². The molecule has 0 fully saturated rings. The lowest BCUT2D eigenvalue weighted by atomic mass is 10.2. The van der Waals surface area contributed by atoms with Crippen molar-refractivity contribution in [3.8, 4) is 0 Å². The second kappa shape index (κ2) is 7.21. The molecule has 0 aliphatic carbocycles. The van der Waals surface area contributed by atoms with Gasteiger partial charge >= 0.3 is 0 Å². The van der Waals surface area contributed by atoms with Crippen LogP contribution in [0.3, 0.4) is 0 Å². The van der Waals surface area contributed by atoms with Crippen molar-refractivity contribution in [2.75, 3.05) is 19.4 Å². The lowest BCUT2D eigenvalue weighted by molar-refractivity contribution is -0.111. The number of carbonyl (C=O) groups is 1. The summed E-state index contributed by atoms with van der Waals surface area (Å²) in [6.45, 7) is 0. The Morgan fingerprint density at radius 3 is 2.17 bits per heavy atom. The Balaban J connectivity index is 2.04. The molecule has 0 heterocycles. The van der Waals surface area contributed by atoms with Crippen LogP contribution in [-0.4, -0.2) is 32.7 Å². The van der Waals surface area contributed by atoms with Gasteiger partial charge in [0.25, 0.3) is 0 Å². The molecule has 6 heteroatoms. The Kier molecular flexibility index (Phi) is 5.31. The molecular formula is C17H18N2O3S. The molecule has 5 nitrogen and oxygen atoms in total. The van der Waals surface area contributed by atoms with E-state index in [1.165, 1.54) is 32.3 Å². The standard InChI is InChI=1S/C17H18N2O3S/c1-19(2)23(21,22)16-11-9-15(10-12-16)18-17(20)13-8-14-6-4-3-5-7-14/h3-13H,1-2H3,(H,18,20)/b13-8-. The maximum atomic E-state index is 12.0. The number of nitrogens with zero attached hydrogens (tertiary/aromatic N) is 1. The first-order valence-electron chi connectivity index (χ1n) is 6.96. The third-order valence-corrected chi connectivity index (χ3v) is 4.96. The highest BCUT2D eigenvalue weighted by atomic mass is 32.2. The summed E-state index contributed by atoms with van der Waals surface area (Å²) in [5.41, 5.74) is 1.46. The van der Waals surface area contributed by atoms with Crippen LogP contribution in [0.4, 0.5) is 5.69 Å². The quantitative estimate of drug-likeness (QED) is 0.857. The van der Waals surface area contributed by atoms with Gasteiger partial charge in [0, 0.05) is 25.9 Å². The van der Waals surface area contributed by atoms with E-state index in [2.05, 4.69) is 5.32 Å². The number of rotatable bonds is 5. The molecule has 1 amide bonds. The van der Waals surface area contributed by atoms with Crippen molar-refractivity contribution >= 4 is 27.7 Å². The van der Waals surface area contributed by atoms with Gasteiger partial charge in [-0.25, -0.2) is 12.7 Å². The lowest BCUT2D eigenvalue weighted by Gasteiger charge is -2.11. The van der Waals surface area contributed by atoms with E-state index in [9.17, 15) is 13.2 Å². The highest BCUT2D eigenvalue weighted by Crippen LogP contribution is 2.16. The summed E-state index contributed by atoms with van der Waals surface area (Å²) >= 11 is 0. The second-order valence-electron chi connectivity index (χ2n) is 5.05. The zero-order valence-corrected chi connectivity index (χ0v) is 13.7. The smallest absolute Gasteiger partial charge is 0.248 e. The predicted octanol–water partition coefficient (Wildman–Crippen LogP) is 2.59. The maximum Gasteiger partial charge on any atom is 0.248 e. The van der Waals surface area contributed by atoms with Gasteiger partial charge < -0.3 is 5.32 Å². The van der Waals surface area contributed by atoms with E-state index in [1.807, 2.05) is 30.3 Å². The molecule has 23 heavy (non-hydrogen) atoms. The Bertz CT molecular complexity index is 795. The minimum atomic E-state index is -3.46. The third kappa shape index (κ3) is 4.51. The zero-order valence-electron chi connectivity index (χ0n) is 12.9. The normalized spacial score (nSPS) is 11.8. The predicted molar refractivity (Wildman–Crippen MR) is 91.4 cm³/mol. The molecule has 0 saturated carbocycles. The lowest BCUT2D eigenvalue weighted by Crippen LogP contribution is -2.22. The van der Waals surface area contributed by atoms with E-state index < -0.39 is 10.0 Å². The zero-order chi connectivity index (χ0) is 16.9. The van der Waals surface area contributed by atoms with Gasteiger partial charge in [0.1, 0.15) is 0 Å². The fraction of sp³-hybridized carbons (Fsp3) is 0.118. The molecule has 2 rings (SSSR count). The molecule has 0 bridgehead atoms. The number of amides is 1. The molecule has 120 valence electrons. The van der Waals surface area contributed by atoms with Crippen molar-refractivity contribution in [1.82, 2.24) is 4.31 Å². The molecule has 1 N–H and O–H groups in total. The monoisotopic (exact) mass is 330 g/mol. The van der Waals surface area contributed by atoms with Crippen LogP contribution in [0.2, 0.25) is 0 Å². The third-order valence-electron chi connectivity index (χ3n) is 3.13. The highest BCUT2D eigenvalue weighted by Gasteiger charge is 2.16. The molecule has 0 spiro atoms. The van der Waals surface area contributed by atoms with Crippen LogP contribution in [0.15, 0.2) is 65.6 Å². The van der Waals surface area contributed by atoms with Gasteiger partial charge in [0.05, 0.1) is 4.90 Å². The Morgan fingerprint density at radius 1 is 1.00 bits per heavy atom. The van der Waals surface area contributed by atoms with Gasteiger partial charge in [-0.05, 0) is 35.9 Å². The number of anilines is 1. The summed E-state index contributed by atoms with van der Waals surface area (Å²) in [6, 6.07) is 15.5. The number of carbonyl (C=O) groups excluding carboxylic acids is 1. The summed E-state index contributed by atoms with van der Waals surface area (Å²) in [6.07, 6.45) is 3.14. The number of hydrogen-bond acceptors (Lipinski definition) is 3. The number of benzene rings is 2. The van der Waals surface area contributed by atoms with Crippen molar-refractivity contribution in [2.45, 2.75) is 4.90 Å². The molecule has 2 aromatic rings. The first-order valence-corrected chi connectivity index (χ1v) is 8.40. The van der Waals surface area contributed by atoms with Gasteiger partial charge in [0.2, 0.25) is 15.9 Å². The summed E-state index contributed by atoms with van der Waals surface area (Å²) in [4.78, 5) is 12.0. The largest absolute Gasteiger partial charge is 0.323 e. The first-order chi connectivity index (χ1) is 10.9. The molecule has 0 radical (unpaired) electrons. The van der Waals surface area contributed by atoms with Gasteiger partial charge in [-0.15, -0.1) is 0 Å². The summed E-state index contributed by atoms with van der Waals surface area (Å²) < 4.78 is 25.0. The van der Waals surface area contributed by atoms with Gasteiger partial charge in [-0.2, -0.15) is 0 Å². The van der Waals surface area contributed by atoms with Gasteiger partial charge in [-0.1, -0.05) is 30.3 Å². The van der Waals surface area contributed by atoms with Crippen LogP contribution < -0.4 is 5.32 Å². The van der Waals surface area contributed by atoms with Crippen molar-refractivity contribution in [1.29, 1.82) is 0 Å². The fourth-order valence-electron chi connectivity index (χ4n) is 1.84. The molecule has 2 aromatic carbocycles. The van der Waals surface area contributed by atoms with E-state index >= 15 is 0 Å². The Hall–Kier alpha value is -2.44. The fourth-order valence-corrected chi connectivity index (χ4v) is 2.74. The van der Waals surface area contributed by atoms with E-state index in [0.717, 1.165) is 9.87 Å². The van der Waals surface area contributed by atoms with Crippen LogP contribution in [-0.2, 0) is 14.8 Å². The van der Waals surface area contributed by atoms with Crippen LogP contribution in [0.5, 0.6) is 0 Å². The second-order valence-corrected chi connectivity index (χ2v) is 7.20. The van der Waals surface area contributed by atoms with Crippen LogP contribution in [0, 0.1) is 0 Å². The Labute approximate surface area is 136 Å². The van der Waals surface area contributed by atoms with Crippen LogP contribution >= 0.6 is 0 Å². The number of nitrogens with one attached hydrogen (secondary N) is 1. The summed E-state index contributed by atoms with van der Waals surface area (Å²) in [5, 5.41) is 2.69. The van der Waals surface area contributed by atoms with E-state index in [4.69, 9.17) is 0 Å². The van der Waals surface area contributed by atoms with E-state index in [-0.39, 0.29) is 10.8 Å². The summed E-state index contributed by atoms with van der Waals surface area (Å²) in [5.74, 6) is -0.280. The molecule has 0 atom stereocenters. The highest BCUT2D eigenvalue weighted by molar-refractivity contribution is 7.89. The van der Waals surface area contributed by atoms with Gasteiger partial charge in [0.15, 0.2) is 0 Å². The summed E-state index contributed by atoms with van der Waals surface area (Å²) in [7, 11) is -0.518. The van der Waals surface area contributed by atoms with E-state index in [1.54, 1.807) is 18.2 Å². The molecule has 0 saturated heterocycles. The molecule has 0 aromatic heterocycles. The number of hydrogen-bond donors (Lipinski definition) is 1. The SMILES string of the molecule is CN(C)S(=O)(=O)c1ccc(NC(=O)/C=C\c2ccccc2)cc1. The first kappa shape index (κ1) is 16.9. The molecular weight excluding hydrogens is 312 g/mol. The minimum absolute atomic E-state index is 0.181. The molecule has 0 aliphatic rings. The average Bonchev–Trinajstić information content (AvgIpc) is 2.54. The topological polar surface area (TPSA) is 66.5 Å². The Morgan fingerprint density at radius 2 is 1.61 bits per heavy atom. The minimum Gasteiger partial charge on any atom is -0.323 e. The van der Waals surface area contributed by atoms with Crippen LogP contribution in [0.1, 0.15) is 5.56 Å². The maximum absolute atomic E-state index is 12.0. The van der Waals surface area contributed by atoms with Crippen molar-refractivity contribution in [2.24, 2.45) is 0 Å². The van der Waals surface area contributed by atoms with Crippen LogP contribution in [0.25, 0.3) is 6.08 Å².